The van der Waals surface area contributed by atoms with Crippen LogP contribution in [-0.2, 0) is 20.4 Å². The van der Waals surface area contributed by atoms with E-state index in [1.165, 1.54) is 0 Å². The minimum Gasteiger partial charge on any atom is -0.593 e. The van der Waals surface area contributed by atoms with E-state index in [1.54, 1.807) is 22.3 Å². The second-order valence-electron chi connectivity index (χ2n) is 8.14. The lowest BCUT2D eigenvalue weighted by molar-refractivity contribution is 0.0957. The molecule has 1 aliphatic rings. The highest BCUT2D eigenvalue weighted by Gasteiger charge is 2.32. The molecule has 0 bridgehead atoms. The van der Waals surface area contributed by atoms with E-state index in [-0.39, 0.29) is 30.5 Å². The molecule has 1 fully saturated rings. The highest BCUT2D eigenvalue weighted by Crippen LogP contribution is 2.46. The fraction of sp³-hybridized carbons (Fsp3) is 0.364. The van der Waals surface area contributed by atoms with Crippen molar-refractivity contribution in [1.82, 2.24) is 15.1 Å². The number of hydrogen-bond acceptors (Lipinski definition) is 6. The van der Waals surface area contributed by atoms with E-state index in [2.05, 4.69) is 21.2 Å². The first-order chi connectivity index (χ1) is 16.1. The first-order valence-electron chi connectivity index (χ1n) is 10.7. The summed E-state index contributed by atoms with van der Waals surface area (Å²) in [6.07, 6.45) is 3.79. The predicted molar refractivity (Wildman–Crippen MR) is 140 cm³/mol. The highest BCUT2D eigenvalue weighted by molar-refractivity contribution is 9.10. The maximum Gasteiger partial charge on any atom is 0.270 e. The Balaban J connectivity index is 1.86. The zero-order valence-electron chi connectivity index (χ0n) is 18.6. The number of fused-ring (bicyclic) bond motifs is 1. The van der Waals surface area contributed by atoms with Crippen molar-refractivity contribution in [2.75, 3.05) is 29.9 Å². The van der Waals surface area contributed by atoms with Gasteiger partial charge in [0, 0.05) is 27.6 Å². The summed E-state index contributed by atoms with van der Waals surface area (Å²) >= 11 is 2.03. The lowest BCUT2D eigenvalue weighted by Gasteiger charge is -2.26. The molecular weight excluding hydrogens is 564 g/mol. The highest BCUT2D eigenvalue weighted by atomic mass is 79.9. The van der Waals surface area contributed by atoms with E-state index in [9.17, 15) is 17.8 Å². The number of anilines is 1. The minimum absolute atomic E-state index is 0.206. The number of halogens is 2. The van der Waals surface area contributed by atoms with Crippen LogP contribution in [0.2, 0.25) is 0 Å². The molecule has 1 N–H and O–H groups in total. The smallest absolute Gasteiger partial charge is 0.270 e. The normalized spacial score (nSPS) is 14.9. The van der Waals surface area contributed by atoms with Crippen LogP contribution < -0.4 is 9.62 Å². The van der Waals surface area contributed by atoms with Crippen LogP contribution in [0.15, 0.2) is 40.9 Å². The van der Waals surface area contributed by atoms with Crippen LogP contribution in [0.4, 0.5) is 5.69 Å². The molecule has 34 heavy (non-hydrogen) atoms. The lowest BCUT2D eigenvalue weighted by atomic mass is 10.0. The summed E-state index contributed by atoms with van der Waals surface area (Å²) in [6.45, 7) is 0.260. The predicted octanol–water partition coefficient (Wildman–Crippen LogP) is 4.08. The molecule has 8 nitrogen and oxygen atoms in total. The second-order valence-corrected chi connectivity index (χ2v) is 13.2. The van der Waals surface area contributed by atoms with Gasteiger partial charge in [0.05, 0.1) is 40.6 Å². The Bertz CT molecular complexity index is 1320. The van der Waals surface area contributed by atoms with Crippen LogP contribution in [-0.4, -0.2) is 54.3 Å². The molecule has 0 saturated heterocycles. The van der Waals surface area contributed by atoms with Crippen molar-refractivity contribution in [1.29, 1.82) is 0 Å². The van der Waals surface area contributed by atoms with Crippen LogP contribution >= 0.6 is 26.6 Å². The number of benzene rings is 2. The lowest BCUT2D eigenvalue weighted by Crippen LogP contribution is -2.32. The topological polar surface area (TPSA) is 107 Å². The SMILES string of the molecule is CNC(=O)c1c2cc(C3CC3)c(N(CCCS(=O)(=O)Cl)[S+](C)[O-])cc2nn1-c1ccc(Br)cc1. The van der Waals surface area contributed by atoms with E-state index in [1.807, 2.05) is 36.4 Å². The minimum atomic E-state index is -3.64. The average molecular weight is 588 g/mol. The van der Waals surface area contributed by atoms with Crippen molar-refractivity contribution in [2.45, 2.75) is 25.2 Å². The molecule has 0 radical (unpaired) electrons. The Labute approximate surface area is 214 Å². The van der Waals surface area contributed by atoms with Crippen molar-refractivity contribution in [3.8, 4) is 5.69 Å². The fourth-order valence-corrected chi connectivity index (χ4v) is 5.84. The fourth-order valence-electron chi connectivity index (χ4n) is 3.95. The molecule has 1 heterocycles. The van der Waals surface area contributed by atoms with E-state index < -0.39 is 20.4 Å². The van der Waals surface area contributed by atoms with Gasteiger partial charge in [-0.1, -0.05) is 15.9 Å². The van der Waals surface area contributed by atoms with Gasteiger partial charge in [0.1, 0.15) is 11.9 Å². The summed E-state index contributed by atoms with van der Waals surface area (Å²) < 4.78 is 39.7. The van der Waals surface area contributed by atoms with Gasteiger partial charge in [-0.25, -0.2) is 13.1 Å². The Morgan fingerprint density at radius 2 is 2.00 bits per heavy atom. The Kier molecular flexibility index (Phi) is 7.49. The van der Waals surface area contributed by atoms with Crippen LogP contribution in [0, 0.1) is 0 Å². The third kappa shape index (κ3) is 5.54. The molecular formula is C22H24BrClN4O4S2. The van der Waals surface area contributed by atoms with Crippen molar-refractivity contribution >= 4 is 69.5 Å². The van der Waals surface area contributed by atoms with Crippen molar-refractivity contribution in [3.63, 3.8) is 0 Å². The van der Waals surface area contributed by atoms with Crippen molar-refractivity contribution in [3.05, 3.63) is 52.1 Å². The number of aromatic nitrogens is 2. The quantitative estimate of drug-likeness (QED) is 0.299. The van der Waals surface area contributed by atoms with E-state index >= 15 is 0 Å². The average Bonchev–Trinajstić information content (AvgIpc) is 3.55. The molecule has 1 saturated carbocycles. The van der Waals surface area contributed by atoms with Crippen molar-refractivity contribution < 1.29 is 17.8 Å². The van der Waals surface area contributed by atoms with Crippen LogP contribution in [0.25, 0.3) is 16.6 Å². The monoisotopic (exact) mass is 586 g/mol. The molecule has 12 heteroatoms. The number of amides is 1. The largest absolute Gasteiger partial charge is 0.593 e. The molecule has 1 aliphatic carbocycles. The number of hydrogen-bond donors (Lipinski definition) is 1. The van der Waals surface area contributed by atoms with Gasteiger partial charge in [0.2, 0.25) is 9.05 Å². The summed E-state index contributed by atoms with van der Waals surface area (Å²) in [5.74, 6) is -0.179. The van der Waals surface area contributed by atoms with Gasteiger partial charge in [-0.05, 0) is 67.1 Å². The standard InChI is InChI=1S/C22H24BrClN4O4S2/c1-25-22(29)21-18-12-17(14-4-5-14)20(27(33(2)30)10-3-11-34(24,31)32)13-19(18)26-28(21)16-8-6-15(23)7-9-16/h6-9,12-14H,3-5,10-11H2,1-2H3,(H,25,29). The molecule has 1 unspecified atom stereocenters. The summed E-state index contributed by atoms with van der Waals surface area (Å²) in [5, 5.41) is 8.13. The van der Waals surface area contributed by atoms with Gasteiger partial charge in [0.25, 0.3) is 5.91 Å². The zero-order valence-corrected chi connectivity index (χ0v) is 22.6. The molecule has 1 amide bonds. The van der Waals surface area contributed by atoms with E-state index in [4.69, 9.17) is 15.8 Å². The number of carbonyl (C=O) groups excluding carboxylic acids is 1. The van der Waals surface area contributed by atoms with E-state index in [0.717, 1.165) is 34.3 Å². The van der Waals surface area contributed by atoms with Gasteiger partial charge in [-0.15, -0.1) is 0 Å². The van der Waals surface area contributed by atoms with Gasteiger partial charge >= 0.3 is 0 Å². The summed E-state index contributed by atoms with van der Waals surface area (Å²) in [7, 11) is 3.31. The zero-order chi connectivity index (χ0) is 24.6. The number of nitrogens with zero attached hydrogens (tertiary/aromatic N) is 3. The third-order valence-corrected chi connectivity index (χ3v) is 8.45. The first-order valence-corrected chi connectivity index (χ1v) is 15.5. The summed E-state index contributed by atoms with van der Waals surface area (Å²) in [5.41, 5.74) is 3.46. The molecule has 1 atom stereocenters. The van der Waals surface area contributed by atoms with Crippen LogP contribution in [0.3, 0.4) is 0 Å². The van der Waals surface area contributed by atoms with Crippen molar-refractivity contribution in [2.24, 2.45) is 0 Å². The number of rotatable bonds is 9. The van der Waals surface area contributed by atoms with E-state index in [0.29, 0.717) is 16.6 Å². The number of nitrogens with one attached hydrogen (secondary N) is 1. The second kappa shape index (κ2) is 10.1. The molecule has 2 aromatic carbocycles. The Morgan fingerprint density at radius 1 is 1.32 bits per heavy atom. The molecule has 0 aliphatic heterocycles. The van der Waals surface area contributed by atoms with Gasteiger partial charge in [-0.2, -0.15) is 9.40 Å². The molecule has 182 valence electrons. The first kappa shape index (κ1) is 25.3. The summed E-state index contributed by atoms with van der Waals surface area (Å²) in [6, 6.07) is 11.3. The Hall–Kier alpha value is -1.79. The maximum absolute atomic E-state index is 12.9. The van der Waals surface area contributed by atoms with Crippen LogP contribution in [0.1, 0.15) is 41.2 Å². The molecule has 3 aromatic rings. The van der Waals surface area contributed by atoms with Crippen LogP contribution in [0.5, 0.6) is 0 Å². The third-order valence-electron chi connectivity index (χ3n) is 5.68. The molecule has 1 aromatic heterocycles. The van der Waals surface area contributed by atoms with Gasteiger partial charge < -0.3 is 9.87 Å². The van der Waals surface area contributed by atoms with Gasteiger partial charge in [0.15, 0.2) is 0 Å². The maximum atomic E-state index is 12.9. The summed E-state index contributed by atoms with van der Waals surface area (Å²) in [4.78, 5) is 12.9. The van der Waals surface area contributed by atoms with Gasteiger partial charge in [-0.3, -0.25) is 4.79 Å². The molecule has 4 rings (SSSR count). The number of carbonyl (C=O) groups is 1. The molecule has 0 spiro atoms. The Morgan fingerprint density at radius 3 is 2.56 bits per heavy atom.